The van der Waals surface area contributed by atoms with Crippen LogP contribution in [-0.2, 0) is 31.2 Å². The van der Waals surface area contributed by atoms with E-state index < -0.39 is 31.2 Å². The van der Waals surface area contributed by atoms with E-state index in [9.17, 15) is 0 Å². The Kier molecular flexibility index (Phi) is 101. The van der Waals surface area contributed by atoms with E-state index in [4.69, 9.17) is 52.6 Å². The van der Waals surface area contributed by atoms with E-state index in [2.05, 4.69) is 0 Å². The Morgan fingerprint density at radius 2 is 0.348 bits per heavy atom. The first kappa shape index (κ1) is 74.9. The van der Waals surface area contributed by atoms with Crippen molar-refractivity contribution in [1.29, 1.82) is 0 Å². The standard InChI is InChI=1S/2In.3H2O4S.6H2O/c;;3*1-5(2,3)4;;;;;;/h;;3*(H2,1,2,3,4);6*1H2/q2*+3;;;;;;;;;/p-6. The first-order chi connectivity index (χ1) is 6.00. The topological polar surface area (TPSA) is 430 Å². The fraction of sp³-hybridized carbons (Fsp3) is 0. The van der Waals surface area contributed by atoms with Crippen molar-refractivity contribution in [3.05, 3.63) is 0 Å². The monoisotopic (exact) mass is 626 g/mol. The fourth-order valence-corrected chi connectivity index (χ4v) is 0. The summed E-state index contributed by atoms with van der Waals surface area (Å²) in [6.45, 7) is 0. The summed E-state index contributed by atoms with van der Waals surface area (Å²) in [6, 6.07) is 0. The van der Waals surface area contributed by atoms with Crippen LogP contribution in [0.5, 0.6) is 0 Å². The Hall–Kier alpha value is 1.11. The van der Waals surface area contributed by atoms with E-state index in [1.807, 2.05) is 0 Å². The molecule has 0 saturated carbocycles. The minimum Gasteiger partial charge on any atom is -0.759 e. The van der Waals surface area contributed by atoms with Gasteiger partial charge in [0.25, 0.3) is 0 Å². The summed E-state index contributed by atoms with van der Waals surface area (Å²) < 4.78 is 102. The van der Waals surface area contributed by atoms with Crippen LogP contribution in [0.4, 0.5) is 0 Å². The van der Waals surface area contributed by atoms with Gasteiger partial charge in [-0.1, -0.05) is 0 Å². The molecule has 0 spiro atoms. The summed E-state index contributed by atoms with van der Waals surface area (Å²) in [5.41, 5.74) is 0. The van der Waals surface area contributed by atoms with Gasteiger partial charge in [-0.15, -0.1) is 0 Å². The molecule has 0 unspecified atom stereocenters. The summed E-state index contributed by atoms with van der Waals surface area (Å²) in [6.07, 6.45) is 0. The van der Waals surface area contributed by atoms with Crippen molar-refractivity contribution in [2.45, 2.75) is 0 Å². The van der Waals surface area contributed by atoms with E-state index in [-0.39, 0.29) is 84.5 Å². The average Bonchev–Trinajstić information content (AvgIpc) is 1.41. The van der Waals surface area contributed by atoms with Crippen molar-refractivity contribution in [3.8, 4) is 0 Å². The molecular formula is H12In2O18S3. The zero-order chi connectivity index (χ0) is 13.5. The van der Waals surface area contributed by atoms with Gasteiger partial charge in [-0.25, -0.2) is 0 Å². The normalized spacial score (nSPS) is 7.57. The molecule has 144 valence electrons. The maximum absolute atomic E-state index is 8.52. The molecule has 0 saturated heterocycles. The summed E-state index contributed by atoms with van der Waals surface area (Å²) in [5, 5.41) is 0. The molecule has 18 nitrogen and oxygen atoms in total. The number of hydrogen-bond acceptors (Lipinski definition) is 12. The van der Waals surface area contributed by atoms with Crippen molar-refractivity contribution >= 4 is 82.9 Å². The molecule has 0 aromatic carbocycles. The summed E-state index contributed by atoms with van der Waals surface area (Å²) in [5.74, 6) is 0. The molecule has 0 bridgehead atoms. The van der Waals surface area contributed by atoms with Gasteiger partial charge in [0.1, 0.15) is 0 Å². The fourth-order valence-electron chi connectivity index (χ4n) is 0. The molecule has 0 radical (unpaired) electrons. The Bertz CT molecular complexity index is 343. The van der Waals surface area contributed by atoms with Crippen LogP contribution in [0.1, 0.15) is 0 Å². The SMILES string of the molecule is O.O.O.O.O.O.O=S(=O)([O-])[O-].O=S(=O)([O-])[O-].O=S(=O)([O-])[O-].[In+3].[In+3]. The molecule has 0 atom stereocenters. The average molecular weight is 626 g/mol. The molecule has 0 heterocycles. The summed E-state index contributed by atoms with van der Waals surface area (Å²) in [7, 11) is -15.5. The first-order valence-corrected chi connectivity index (χ1v) is 6.00. The summed E-state index contributed by atoms with van der Waals surface area (Å²) in [4.78, 5) is 0. The largest absolute Gasteiger partial charge is 3.00 e. The second kappa shape index (κ2) is 30.9. The zero-order valence-electron chi connectivity index (χ0n) is 10.3. The smallest absolute Gasteiger partial charge is 0.759 e. The molecule has 0 aliphatic rings. The minimum atomic E-state index is -5.17. The third kappa shape index (κ3) is 8350. The Labute approximate surface area is 167 Å². The maximum atomic E-state index is 8.52. The van der Waals surface area contributed by atoms with Gasteiger partial charge >= 0.3 is 51.7 Å². The van der Waals surface area contributed by atoms with Crippen LogP contribution in [0.25, 0.3) is 0 Å². The molecule has 0 aliphatic heterocycles. The van der Waals surface area contributed by atoms with E-state index in [1.165, 1.54) is 0 Å². The van der Waals surface area contributed by atoms with E-state index >= 15 is 0 Å². The van der Waals surface area contributed by atoms with Gasteiger partial charge < -0.3 is 60.2 Å². The van der Waals surface area contributed by atoms with Gasteiger partial charge in [0.2, 0.25) is 0 Å². The van der Waals surface area contributed by atoms with Gasteiger partial charge in [-0.2, -0.15) is 0 Å². The quantitative estimate of drug-likeness (QED) is 0.179. The van der Waals surface area contributed by atoms with E-state index in [0.717, 1.165) is 0 Å². The maximum Gasteiger partial charge on any atom is 3.00 e. The predicted molar refractivity (Wildman–Crippen MR) is 64.6 cm³/mol. The van der Waals surface area contributed by atoms with E-state index in [0.29, 0.717) is 0 Å². The number of hydrogen-bond donors (Lipinski definition) is 0. The van der Waals surface area contributed by atoms with Gasteiger partial charge in [0.15, 0.2) is 0 Å². The van der Waals surface area contributed by atoms with Crippen molar-refractivity contribution in [3.63, 3.8) is 0 Å². The summed E-state index contributed by atoms with van der Waals surface area (Å²) >= 11 is 0. The van der Waals surface area contributed by atoms with Gasteiger partial charge in [-0.3, -0.25) is 25.3 Å². The third-order valence-electron chi connectivity index (χ3n) is 0. The third-order valence-corrected chi connectivity index (χ3v) is 0. The van der Waals surface area contributed by atoms with Crippen LogP contribution in [-0.4, -0.2) is 137 Å². The van der Waals surface area contributed by atoms with Crippen molar-refractivity contribution in [2.24, 2.45) is 0 Å². The van der Waals surface area contributed by atoms with Crippen molar-refractivity contribution in [2.75, 3.05) is 0 Å². The molecule has 0 fully saturated rings. The van der Waals surface area contributed by atoms with Crippen molar-refractivity contribution in [1.82, 2.24) is 0 Å². The molecule has 0 aromatic rings. The second-order valence-electron chi connectivity index (χ2n) is 1.22. The molecule has 23 heteroatoms. The second-order valence-corrected chi connectivity index (χ2v) is 3.67. The van der Waals surface area contributed by atoms with Crippen molar-refractivity contribution < 1.29 is 85.4 Å². The Morgan fingerprint density at radius 3 is 0.348 bits per heavy atom. The molecule has 0 aromatic heterocycles. The van der Waals surface area contributed by atoms with Crippen LogP contribution >= 0.6 is 0 Å². The Balaban J connectivity index is -0.00000000889. The van der Waals surface area contributed by atoms with Gasteiger partial charge in [0, 0.05) is 31.2 Å². The molecule has 0 aliphatic carbocycles. The number of rotatable bonds is 0. The van der Waals surface area contributed by atoms with Gasteiger partial charge in [-0.05, 0) is 0 Å². The zero-order valence-corrected chi connectivity index (χ0v) is 19.3. The van der Waals surface area contributed by atoms with Crippen LogP contribution in [0, 0.1) is 0 Å². The molecule has 0 rings (SSSR count). The van der Waals surface area contributed by atoms with Crippen LogP contribution in [0.2, 0.25) is 0 Å². The van der Waals surface area contributed by atoms with E-state index in [1.54, 1.807) is 0 Å². The first-order valence-electron chi connectivity index (χ1n) is 2.00. The Morgan fingerprint density at radius 1 is 0.348 bits per heavy atom. The van der Waals surface area contributed by atoms with Crippen LogP contribution in [0.15, 0.2) is 0 Å². The molecular weight excluding hydrogens is 614 g/mol. The molecule has 23 heavy (non-hydrogen) atoms. The molecule has 12 N–H and O–H groups in total. The van der Waals surface area contributed by atoms with Crippen LogP contribution in [0.3, 0.4) is 0 Å². The minimum absolute atomic E-state index is 0. The van der Waals surface area contributed by atoms with Gasteiger partial charge in [0.05, 0.1) is 0 Å². The molecule has 0 amide bonds. The van der Waals surface area contributed by atoms with Crippen LogP contribution < -0.4 is 0 Å². The predicted octanol–water partition coefficient (Wildman–Crippen LogP) is -9.72.